The van der Waals surface area contributed by atoms with Gasteiger partial charge in [0, 0.05) is 25.2 Å². The van der Waals surface area contributed by atoms with Crippen molar-refractivity contribution in [2.24, 2.45) is 0 Å². The van der Waals surface area contributed by atoms with Gasteiger partial charge in [0.1, 0.15) is 6.54 Å². The van der Waals surface area contributed by atoms with Crippen molar-refractivity contribution in [3.63, 3.8) is 0 Å². The molecule has 6 nitrogen and oxygen atoms in total. The minimum atomic E-state index is -0.0111. The lowest BCUT2D eigenvalue weighted by molar-refractivity contribution is -0.121. The van der Waals surface area contributed by atoms with Gasteiger partial charge in [-0.1, -0.05) is 0 Å². The Morgan fingerprint density at radius 3 is 2.63 bits per heavy atom. The molecule has 0 unspecified atom stereocenters. The summed E-state index contributed by atoms with van der Waals surface area (Å²) < 4.78 is 0. The Labute approximate surface area is 113 Å². The molecule has 2 heterocycles. The highest BCUT2D eigenvalue weighted by Gasteiger charge is 2.35. The quantitative estimate of drug-likeness (QED) is 0.738. The van der Waals surface area contributed by atoms with Crippen molar-refractivity contribution < 1.29 is 9.59 Å². The Hall–Kier alpha value is -1.30. The van der Waals surface area contributed by atoms with Crippen molar-refractivity contribution in [1.82, 2.24) is 20.4 Å². The molecule has 19 heavy (non-hydrogen) atoms. The maximum absolute atomic E-state index is 12.3. The average molecular weight is 266 g/mol. The summed E-state index contributed by atoms with van der Waals surface area (Å²) in [5.74, 6) is -0.0111. The van der Waals surface area contributed by atoms with Gasteiger partial charge >= 0.3 is 6.03 Å². The number of urea groups is 1. The second-order valence-corrected chi connectivity index (χ2v) is 5.72. The summed E-state index contributed by atoms with van der Waals surface area (Å²) in [6.07, 6.45) is 4.21. The average Bonchev–Trinajstić information content (AvgIpc) is 3.15. The molecule has 0 spiro atoms. The van der Waals surface area contributed by atoms with Gasteiger partial charge in [0.15, 0.2) is 0 Å². The summed E-state index contributed by atoms with van der Waals surface area (Å²) >= 11 is 0. The van der Waals surface area contributed by atoms with Gasteiger partial charge in [-0.25, -0.2) is 4.79 Å². The van der Waals surface area contributed by atoms with E-state index in [2.05, 4.69) is 10.6 Å². The molecule has 3 amide bonds. The maximum atomic E-state index is 12.3. The molecular formula is C13H22N4O2. The fourth-order valence-electron chi connectivity index (χ4n) is 2.88. The zero-order chi connectivity index (χ0) is 13.2. The van der Waals surface area contributed by atoms with Gasteiger partial charge in [-0.15, -0.1) is 0 Å². The minimum absolute atomic E-state index is 0.0111. The number of rotatable bonds is 4. The molecule has 2 N–H and O–H groups in total. The Morgan fingerprint density at radius 1 is 1.21 bits per heavy atom. The summed E-state index contributed by atoms with van der Waals surface area (Å²) in [4.78, 5) is 27.7. The van der Waals surface area contributed by atoms with Crippen LogP contribution >= 0.6 is 0 Å². The molecule has 0 aromatic rings. The van der Waals surface area contributed by atoms with Gasteiger partial charge < -0.3 is 20.4 Å². The molecule has 0 bridgehead atoms. The number of carbonyl (C=O) groups is 2. The number of hydrogen-bond acceptors (Lipinski definition) is 3. The van der Waals surface area contributed by atoms with E-state index in [1.165, 1.54) is 0 Å². The zero-order valence-corrected chi connectivity index (χ0v) is 11.2. The lowest BCUT2D eigenvalue weighted by Crippen LogP contribution is -2.46. The highest BCUT2D eigenvalue weighted by molar-refractivity contribution is 5.85. The summed E-state index contributed by atoms with van der Waals surface area (Å²) in [6, 6.07) is 0.758. The topological polar surface area (TPSA) is 64.7 Å². The molecule has 0 aromatic carbocycles. The van der Waals surface area contributed by atoms with E-state index in [-0.39, 0.29) is 18.5 Å². The number of nitrogens with one attached hydrogen (secondary N) is 2. The van der Waals surface area contributed by atoms with Crippen LogP contribution in [0.25, 0.3) is 0 Å². The minimum Gasteiger partial charge on any atom is -0.352 e. The van der Waals surface area contributed by atoms with Crippen molar-refractivity contribution in [2.75, 3.05) is 32.7 Å². The lowest BCUT2D eigenvalue weighted by Gasteiger charge is -2.31. The predicted octanol–water partition coefficient (Wildman–Crippen LogP) is -0.245. The van der Waals surface area contributed by atoms with Crippen LogP contribution < -0.4 is 10.6 Å². The van der Waals surface area contributed by atoms with E-state index in [0.29, 0.717) is 18.6 Å². The van der Waals surface area contributed by atoms with E-state index >= 15 is 0 Å². The standard InChI is InChI=1S/C13H22N4O2/c18-12(15-10-1-2-10)9-16-7-8-17(13(16)19)11-3-5-14-6-4-11/h10-11,14H,1-9H2,(H,15,18). The van der Waals surface area contributed by atoms with Crippen LogP contribution in [0.15, 0.2) is 0 Å². The largest absolute Gasteiger partial charge is 0.352 e. The van der Waals surface area contributed by atoms with Crippen molar-refractivity contribution in [3.05, 3.63) is 0 Å². The number of nitrogens with zero attached hydrogens (tertiary/aromatic N) is 2. The smallest absolute Gasteiger partial charge is 0.320 e. The Bertz CT molecular complexity index is 364. The van der Waals surface area contributed by atoms with Gasteiger partial charge in [0.2, 0.25) is 5.91 Å². The molecule has 2 saturated heterocycles. The highest BCUT2D eigenvalue weighted by Crippen LogP contribution is 2.20. The molecule has 3 rings (SSSR count). The van der Waals surface area contributed by atoms with Crippen molar-refractivity contribution in [3.8, 4) is 0 Å². The fourth-order valence-corrected chi connectivity index (χ4v) is 2.88. The lowest BCUT2D eigenvalue weighted by atomic mass is 10.1. The zero-order valence-electron chi connectivity index (χ0n) is 11.2. The van der Waals surface area contributed by atoms with Gasteiger partial charge in [-0.2, -0.15) is 0 Å². The Balaban J connectivity index is 1.50. The molecule has 2 aliphatic heterocycles. The van der Waals surface area contributed by atoms with Crippen LogP contribution in [0.4, 0.5) is 4.79 Å². The van der Waals surface area contributed by atoms with Crippen molar-refractivity contribution in [1.29, 1.82) is 0 Å². The molecule has 106 valence electrons. The SMILES string of the molecule is O=C(CN1CCN(C2CCNCC2)C1=O)NC1CC1. The first-order chi connectivity index (χ1) is 9.24. The molecule has 3 aliphatic rings. The van der Waals surface area contributed by atoms with E-state index < -0.39 is 0 Å². The number of carbonyl (C=O) groups excluding carboxylic acids is 2. The van der Waals surface area contributed by atoms with Gasteiger partial charge in [-0.3, -0.25) is 4.79 Å². The third-order valence-corrected chi connectivity index (χ3v) is 4.15. The van der Waals surface area contributed by atoms with Crippen LogP contribution in [0.5, 0.6) is 0 Å². The first-order valence-electron chi connectivity index (χ1n) is 7.29. The number of amides is 3. The molecule has 6 heteroatoms. The summed E-state index contributed by atoms with van der Waals surface area (Å²) in [6.45, 7) is 3.63. The molecular weight excluding hydrogens is 244 g/mol. The maximum Gasteiger partial charge on any atom is 0.320 e. The van der Waals surface area contributed by atoms with Crippen LogP contribution in [-0.4, -0.2) is 66.5 Å². The van der Waals surface area contributed by atoms with E-state index in [4.69, 9.17) is 0 Å². The molecule has 0 radical (unpaired) electrons. The van der Waals surface area contributed by atoms with Crippen molar-refractivity contribution >= 4 is 11.9 Å². The Kier molecular flexibility index (Phi) is 3.59. The number of hydrogen-bond donors (Lipinski definition) is 2. The predicted molar refractivity (Wildman–Crippen MR) is 70.7 cm³/mol. The highest BCUT2D eigenvalue weighted by atomic mass is 16.2. The second kappa shape index (κ2) is 5.36. The van der Waals surface area contributed by atoms with E-state index in [1.54, 1.807) is 4.90 Å². The Morgan fingerprint density at radius 2 is 1.95 bits per heavy atom. The third kappa shape index (κ3) is 3.00. The van der Waals surface area contributed by atoms with Crippen LogP contribution in [0.1, 0.15) is 25.7 Å². The normalized spacial score (nSPS) is 24.9. The first-order valence-corrected chi connectivity index (χ1v) is 7.29. The summed E-state index contributed by atoms with van der Waals surface area (Å²) in [5.41, 5.74) is 0. The molecule has 0 aromatic heterocycles. The molecule has 3 fully saturated rings. The molecule has 1 aliphatic carbocycles. The van der Waals surface area contributed by atoms with Crippen LogP contribution in [0, 0.1) is 0 Å². The van der Waals surface area contributed by atoms with Gasteiger partial charge in [0.25, 0.3) is 0 Å². The number of piperidine rings is 1. The first kappa shape index (κ1) is 12.7. The van der Waals surface area contributed by atoms with Crippen LogP contribution in [-0.2, 0) is 4.79 Å². The molecule has 0 atom stereocenters. The van der Waals surface area contributed by atoms with E-state index in [0.717, 1.165) is 45.3 Å². The van der Waals surface area contributed by atoms with Gasteiger partial charge in [0.05, 0.1) is 0 Å². The monoisotopic (exact) mass is 266 g/mol. The van der Waals surface area contributed by atoms with E-state index in [9.17, 15) is 9.59 Å². The summed E-state index contributed by atoms with van der Waals surface area (Å²) in [5, 5.41) is 6.24. The van der Waals surface area contributed by atoms with Crippen LogP contribution in [0.3, 0.4) is 0 Å². The second-order valence-electron chi connectivity index (χ2n) is 5.72. The van der Waals surface area contributed by atoms with Gasteiger partial charge in [-0.05, 0) is 38.8 Å². The van der Waals surface area contributed by atoms with Crippen molar-refractivity contribution in [2.45, 2.75) is 37.8 Å². The van der Waals surface area contributed by atoms with E-state index in [1.807, 2.05) is 4.90 Å². The summed E-state index contributed by atoms with van der Waals surface area (Å²) in [7, 11) is 0. The van der Waals surface area contributed by atoms with Crippen LogP contribution in [0.2, 0.25) is 0 Å². The fraction of sp³-hybridized carbons (Fsp3) is 0.846. The molecule has 1 saturated carbocycles. The third-order valence-electron chi connectivity index (χ3n) is 4.15.